The molecule has 0 fully saturated rings. The standard InChI is InChI=1S/C15H17N3O3S2/c1-16-23(20,21)12-6-3-5-11(9-12)10-18-14(19)13-7-4-8-17-15(13)22-2/h3-9,16H,10H2,1-2H3,(H,18,19). The first-order valence-electron chi connectivity index (χ1n) is 6.77. The van der Waals surface area contributed by atoms with Crippen molar-refractivity contribution in [1.82, 2.24) is 15.0 Å². The molecule has 0 unspecified atom stereocenters. The van der Waals surface area contributed by atoms with Gasteiger partial charge in [0.25, 0.3) is 5.91 Å². The van der Waals surface area contributed by atoms with Crippen molar-refractivity contribution in [3.05, 3.63) is 53.7 Å². The number of benzene rings is 1. The van der Waals surface area contributed by atoms with Gasteiger partial charge in [0.05, 0.1) is 10.5 Å². The molecule has 0 aliphatic carbocycles. The van der Waals surface area contributed by atoms with Crippen molar-refractivity contribution < 1.29 is 13.2 Å². The van der Waals surface area contributed by atoms with Crippen LogP contribution in [0.4, 0.5) is 0 Å². The lowest BCUT2D eigenvalue weighted by molar-refractivity contribution is 0.0947. The first kappa shape index (κ1) is 17.5. The summed E-state index contributed by atoms with van der Waals surface area (Å²) in [6.07, 6.45) is 3.49. The highest BCUT2D eigenvalue weighted by molar-refractivity contribution is 7.98. The number of nitrogens with one attached hydrogen (secondary N) is 2. The Morgan fingerprint density at radius 2 is 2.04 bits per heavy atom. The summed E-state index contributed by atoms with van der Waals surface area (Å²) >= 11 is 1.39. The maximum atomic E-state index is 12.2. The second kappa shape index (κ2) is 7.58. The highest BCUT2D eigenvalue weighted by atomic mass is 32.2. The smallest absolute Gasteiger partial charge is 0.254 e. The number of pyridine rings is 1. The summed E-state index contributed by atoms with van der Waals surface area (Å²) in [6.45, 7) is 0.231. The van der Waals surface area contributed by atoms with Crippen molar-refractivity contribution >= 4 is 27.7 Å². The third kappa shape index (κ3) is 4.31. The summed E-state index contributed by atoms with van der Waals surface area (Å²) in [5.41, 5.74) is 1.20. The molecule has 1 heterocycles. The topological polar surface area (TPSA) is 88.2 Å². The van der Waals surface area contributed by atoms with E-state index in [0.717, 1.165) is 0 Å². The van der Waals surface area contributed by atoms with Crippen LogP contribution in [0.15, 0.2) is 52.5 Å². The van der Waals surface area contributed by atoms with Crippen molar-refractivity contribution in [2.24, 2.45) is 0 Å². The molecule has 2 aromatic rings. The minimum atomic E-state index is -3.50. The van der Waals surface area contributed by atoms with Crippen molar-refractivity contribution in [3.63, 3.8) is 0 Å². The monoisotopic (exact) mass is 351 g/mol. The average molecular weight is 351 g/mol. The lowest BCUT2D eigenvalue weighted by Crippen LogP contribution is -2.24. The predicted octanol–water partition coefficient (Wildman–Crippen LogP) is 1.64. The summed E-state index contributed by atoms with van der Waals surface area (Å²) < 4.78 is 25.8. The fourth-order valence-corrected chi connectivity index (χ4v) is 3.29. The third-order valence-electron chi connectivity index (χ3n) is 3.14. The van der Waals surface area contributed by atoms with Crippen LogP contribution in [-0.2, 0) is 16.6 Å². The summed E-state index contributed by atoms with van der Waals surface area (Å²) in [5.74, 6) is -0.246. The Balaban J connectivity index is 2.12. The molecule has 23 heavy (non-hydrogen) atoms. The van der Waals surface area contributed by atoms with Gasteiger partial charge in [0.15, 0.2) is 0 Å². The largest absolute Gasteiger partial charge is 0.348 e. The van der Waals surface area contributed by atoms with E-state index in [9.17, 15) is 13.2 Å². The molecule has 8 heteroatoms. The van der Waals surface area contributed by atoms with Gasteiger partial charge in [0, 0.05) is 12.7 Å². The molecule has 2 rings (SSSR count). The number of aromatic nitrogens is 1. The molecule has 0 spiro atoms. The zero-order valence-electron chi connectivity index (χ0n) is 12.7. The van der Waals surface area contributed by atoms with E-state index in [1.165, 1.54) is 30.9 Å². The molecule has 1 amide bonds. The molecular weight excluding hydrogens is 334 g/mol. The molecule has 0 saturated carbocycles. The molecular formula is C15H17N3O3S2. The minimum absolute atomic E-state index is 0.165. The van der Waals surface area contributed by atoms with Gasteiger partial charge in [-0.2, -0.15) is 0 Å². The van der Waals surface area contributed by atoms with Gasteiger partial charge in [-0.3, -0.25) is 4.79 Å². The SMILES string of the molecule is CNS(=O)(=O)c1cccc(CNC(=O)c2cccnc2SC)c1. The fourth-order valence-electron chi connectivity index (χ4n) is 1.94. The maximum absolute atomic E-state index is 12.2. The van der Waals surface area contributed by atoms with Crippen LogP contribution >= 0.6 is 11.8 Å². The maximum Gasteiger partial charge on any atom is 0.254 e. The number of nitrogens with zero attached hydrogens (tertiary/aromatic N) is 1. The second-order valence-corrected chi connectivity index (χ2v) is 7.28. The van der Waals surface area contributed by atoms with Crippen molar-refractivity contribution in [1.29, 1.82) is 0 Å². The van der Waals surface area contributed by atoms with Crippen LogP contribution in [-0.4, -0.2) is 32.6 Å². The van der Waals surface area contributed by atoms with E-state index in [0.29, 0.717) is 16.2 Å². The second-order valence-electron chi connectivity index (χ2n) is 4.60. The van der Waals surface area contributed by atoms with Crippen LogP contribution in [0.5, 0.6) is 0 Å². The first-order chi connectivity index (χ1) is 11.0. The van der Waals surface area contributed by atoms with Gasteiger partial charge in [0.2, 0.25) is 10.0 Å². The average Bonchev–Trinajstić information content (AvgIpc) is 2.59. The Labute approximate surface area is 139 Å². The fraction of sp³-hybridized carbons (Fsp3) is 0.200. The Bertz CT molecular complexity index is 807. The molecule has 2 N–H and O–H groups in total. The summed E-state index contributed by atoms with van der Waals surface area (Å²) in [6, 6.07) is 9.84. The van der Waals surface area contributed by atoms with Crippen LogP contribution in [0.2, 0.25) is 0 Å². The van der Waals surface area contributed by atoms with E-state index in [1.807, 2.05) is 6.26 Å². The van der Waals surface area contributed by atoms with Gasteiger partial charge >= 0.3 is 0 Å². The molecule has 0 radical (unpaired) electrons. The van der Waals surface area contributed by atoms with Gasteiger partial charge in [-0.05, 0) is 43.1 Å². The van der Waals surface area contributed by atoms with Gasteiger partial charge in [-0.1, -0.05) is 12.1 Å². The lowest BCUT2D eigenvalue weighted by atomic mass is 10.2. The Morgan fingerprint density at radius 3 is 2.74 bits per heavy atom. The van der Waals surface area contributed by atoms with Crippen LogP contribution in [0.3, 0.4) is 0 Å². The summed E-state index contributed by atoms with van der Waals surface area (Å²) in [4.78, 5) is 16.6. The van der Waals surface area contributed by atoms with E-state index >= 15 is 0 Å². The van der Waals surface area contributed by atoms with Crippen LogP contribution in [0, 0.1) is 0 Å². The molecule has 122 valence electrons. The zero-order chi connectivity index (χ0) is 16.9. The Hall–Kier alpha value is -1.90. The van der Waals surface area contributed by atoms with Crippen LogP contribution < -0.4 is 10.0 Å². The quantitative estimate of drug-likeness (QED) is 0.773. The Morgan fingerprint density at radius 1 is 1.26 bits per heavy atom. The first-order valence-corrected chi connectivity index (χ1v) is 9.48. The zero-order valence-corrected chi connectivity index (χ0v) is 14.4. The number of carbonyl (C=O) groups excluding carboxylic acids is 1. The molecule has 0 aliphatic heterocycles. The van der Waals surface area contributed by atoms with Crippen LogP contribution in [0.1, 0.15) is 15.9 Å². The molecule has 1 aromatic heterocycles. The molecule has 0 aliphatic rings. The van der Waals surface area contributed by atoms with E-state index in [1.54, 1.807) is 30.5 Å². The van der Waals surface area contributed by atoms with E-state index in [4.69, 9.17) is 0 Å². The number of hydrogen-bond donors (Lipinski definition) is 2. The molecule has 0 bridgehead atoms. The number of sulfonamides is 1. The number of carbonyl (C=O) groups is 1. The predicted molar refractivity (Wildman–Crippen MR) is 89.9 cm³/mol. The minimum Gasteiger partial charge on any atom is -0.348 e. The molecule has 0 atom stereocenters. The van der Waals surface area contributed by atoms with Gasteiger partial charge in [0.1, 0.15) is 5.03 Å². The number of amides is 1. The van der Waals surface area contributed by atoms with Gasteiger partial charge in [-0.25, -0.2) is 18.1 Å². The number of rotatable bonds is 6. The number of thioether (sulfide) groups is 1. The Kier molecular flexibility index (Phi) is 5.75. The van der Waals surface area contributed by atoms with Crippen LogP contribution in [0.25, 0.3) is 0 Å². The normalized spacial score (nSPS) is 11.2. The van der Waals surface area contributed by atoms with Gasteiger partial charge in [-0.15, -0.1) is 11.8 Å². The molecule has 0 saturated heterocycles. The number of hydrogen-bond acceptors (Lipinski definition) is 5. The lowest BCUT2D eigenvalue weighted by Gasteiger charge is -2.09. The van der Waals surface area contributed by atoms with Crippen molar-refractivity contribution in [3.8, 4) is 0 Å². The molecule has 6 nitrogen and oxygen atoms in total. The summed E-state index contributed by atoms with van der Waals surface area (Å²) in [7, 11) is -2.14. The highest BCUT2D eigenvalue weighted by Gasteiger charge is 2.13. The van der Waals surface area contributed by atoms with E-state index < -0.39 is 10.0 Å². The highest BCUT2D eigenvalue weighted by Crippen LogP contribution is 2.17. The van der Waals surface area contributed by atoms with Crippen molar-refractivity contribution in [2.45, 2.75) is 16.5 Å². The van der Waals surface area contributed by atoms with Crippen molar-refractivity contribution in [2.75, 3.05) is 13.3 Å². The van der Waals surface area contributed by atoms with E-state index in [-0.39, 0.29) is 17.3 Å². The molecule has 1 aromatic carbocycles. The summed E-state index contributed by atoms with van der Waals surface area (Å²) in [5, 5.41) is 3.43. The van der Waals surface area contributed by atoms with E-state index in [2.05, 4.69) is 15.0 Å². The van der Waals surface area contributed by atoms with Gasteiger partial charge < -0.3 is 5.32 Å². The third-order valence-corrected chi connectivity index (χ3v) is 5.26.